The van der Waals surface area contributed by atoms with Gasteiger partial charge in [-0.15, -0.1) is 0 Å². The van der Waals surface area contributed by atoms with Gasteiger partial charge in [-0.1, -0.05) is 47.0 Å². The van der Waals surface area contributed by atoms with E-state index < -0.39 is 5.76 Å². The van der Waals surface area contributed by atoms with E-state index in [1.54, 1.807) is 36.4 Å². The molecule has 0 saturated heterocycles. The van der Waals surface area contributed by atoms with Gasteiger partial charge in [0.15, 0.2) is 0 Å². The minimum atomic E-state index is -0.604. The van der Waals surface area contributed by atoms with Crippen LogP contribution in [0.3, 0.4) is 0 Å². The van der Waals surface area contributed by atoms with Gasteiger partial charge in [-0.2, -0.15) is 0 Å². The van der Waals surface area contributed by atoms with Crippen LogP contribution in [0.1, 0.15) is 0 Å². The molecular weight excluding hydrogens is 353 g/mol. The van der Waals surface area contributed by atoms with Crippen molar-refractivity contribution >= 4 is 58.0 Å². The summed E-state index contributed by atoms with van der Waals surface area (Å²) < 4.78 is 6.80. The van der Waals surface area contributed by atoms with Crippen LogP contribution in [0.5, 0.6) is 0 Å². The number of hydrogen-bond donors (Lipinski definition) is 0. The third-order valence-electron chi connectivity index (χ3n) is 2.92. The second-order valence-electron chi connectivity index (χ2n) is 4.25. The van der Waals surface area contributed by atoms with Gasteiger partial charge in [0.05, 0.1) is 21.1 Å². The summed E-state index contributed by atoms with van der Waals surface area (Å²) >= 11 is 23.2. The summed E-state index contributed by atoms with van der Waals surface area (Å²) in [7, 11) is 0. The topological polar surface area (TPSA) is 35.1 Å². The predicted octanol–water partition coefficient (Wildman–Crippen LogP) is 5.27. The van der Waals surface area contributed by atoms with E-state index in [0.717, 1.165) is 0 Å². The second kappa shape index (κ2) is 5.46. The summed E-state index contributed by atoms with van der Waals surface area (Å²) in [5, 5.41) is 1.79. The standard InChI is InChI=1S/C14H6Cl3NO2S/c15-7-1-4-12-9(5-7)13(21)18(14(19)20-12)8-2-3-10(16)11(17)6-8/h1-6H. The Morgan fingerprint density at radius 1 is 1.00 bits per heavy atom. The molecule has 0 amide bonds. The Morgan fingerprint density at radius 3 is 2.48 bits per heavy atom. The van der Waals surface area contributed by atoms with E-state index in [-0.39, 0.29) is 0 Å². The Morgan fingerprint density at radius 2 is 1.76 bits per heavy atom. The molecule has 0 aliphatic heterocycles. The Kier molecular flexibility index (Phi) is 3.80. The number of rotatable bonds is 1. The summed E-state index contributed by atoms with van der Waals surface area (Å²) in [6, 6.07) is 9.66. The number of halogens is 3. The first-order chi connectivity index (χ1) is 9.97. The normalized spacial score (nSPS) is 11.0. The molecule has 0 aliphatic carbocycles. The largest absolute Gasteiger partial charge is 0.425 e. The summed E-state index contributed by atoms with van der Waals surface area (Å²) in [4.78, 5) is 12.2. The van der Waals surface area contributed by atoms with Crippen LogP contribution in [0.25, 0.3) is 16.7 Å². The van der Waals surface area contributed by atoms with Crippen molar-refractivity contribution in [3.05, 3.63) is 66.7 Å². The highest BCUT2D eigenvalue weighted by atomic mass is 35.5. The number of hydrogen-bond acceptors (Lipinski definition) is 3. The molecule has 0 unspecified atom stereocenters. The molecule has 3 nitrogen and oxygen atoms in total. The molecule has 2 aromatic carbocycles. The minimum absolute atomic E-state index is 0.294. The van der Waals surface area contributed by atoms with Gasteiger partial charge in [-0.25, -0.2) is 9.36 Å². The van der Waals surface area contributed by atoms with Crippen molar-refractivity contribution in [1.29, 1.82) is 0 Å². The molecule has 1 heterocycles. The van der Waals surface area contributed by atoms with Gasteiger partial charge in [-0.05, 0) is 36.4 Å². The molecule has 21 heavy (non-hydrogen) atoms. The first-order valence-corrected chi connectivity index (χ1v) is 7.32. The number of nitrogens with zero attached hydrogens (tertiary/aromatic N) is 1. The molecule has 106 valence electrons. The van der Waals surface area contributed by atoms with Gasteiger partial charge >= 0.3 is 5.76 Å². The van der Waals surface area contributed by atoms with Gasteiger partial charge in [0.2, 0.25) is 0 Å². The SMILES string of the molecule is O=c1oc2ccc(Cl)cc2c(=S)n1-c1ccc(Cl)c(Cl)c1. The Balaban J connectivity index is 2.39. The predicted molar refractivity (Wildman–Crippen MR) is 87.7 cm³/mol. The number of fused-ring (bicyclic) bond motifs is 1. The van der Waals surface area contributed by atoms with Crippen molar-refractivity contribution in [3.8, 4) is 5.69 Å². The highest BCUT2D eigenvalue weighted by Crippen LogP contribution is 2.25. The molecule has 0 atom stereocenters. The average Bonchev–Trinajstić information content (AvgIpc) is 2.44. The van der Waals surface area contributed by atoms with Crippen molar-refractivity contribution in [3.63, 3.8) is 0 Å². The number of aromatic nitrogens is 1. The minimum Gasteiger partial charge on any atom is -0.409 e. The van der Waals surface area contributed by atoms with Crippen LogP contribution >= 0.6 is 47.0 Å². The monoisotopic (exact) mass is 357 g/mol. The lowest BCUT2D eigenvalue weighted by molar-refractivity contribution is 0.507. The van der Waals surface area contributed by atoms with Crippen molar-refractivity contribution in [2.24, 2.45) is 0 Å². The molecule has 7 heteroatoms. The Bertz CT molecular complexity index is 978. The fraction of sp³-hybridized carbons (Fsp3) is 0. The molecule has 3 aromatic rings. The van der Waals surface area contributed by atoms with E-state index in [0.29, 0.717) is 36.4 Å². The van der Waals surface area contributed by atoms with Gasteiger partial charge in [0, 0.05) is 5.02 Å². The lowest BCUT2D eigenvalue weighted by Crippen LogP contribution is -2.18. The first-order valence-electron chi connectivity index (χ1n) is 5.78. The Hall–Kier alpha value is -1.33. The summed E-state index contributed by atoms with van der Waals surface area (Å²) in [6.07, 6.45) is 0. The molecule has 1 aromatic heterocycles. The quantitative estimate of drug-likeness (QED) is 0.556. The smallest absolute Gasteiger partial charge is 0.409 e. The lowest BCUT2D eigenvalue weighted by atomic mass is 10.2. The van der Waals surface area contributed by atoms with E-state index in [4.69, 9.17) is 51.4 Å². The van der Waals surface area contributed by atoms with Gasteiger partial charge in [0.25, 0.3) is 0 Å². The van der Waals surface area contributed by atoms with Crippen molar-refractivity contribution < 1.29 is 4.42 Å². The summed E-state index contributed by atoms with van der Waals surface area (Å²) in [5.41, 5.74) is 0.857. The van der Waals surface area contributed by atoms with Crippen LogP contribution in [0, 0.1) is 4.64 Å². The molecule has 0 radical (unpaired) electrons. The molecule has 0 aliphatic rings. The molecule has 0 fully saturated rings. The van der Waals surface area contributed by atoms with Gasteiger partial charge < -0.3 is 4.42 Å². The highest BCUT2D eigenvalue weighted by Gasteiger charge is 2.10. The van der Waals surface area contributed by atoms with Crippen LogP contribution in [-0.2, 0) is 0 Å². The molecule has 0 bridgehead atoms. The van der Waals surface area contributed by atoms with Crippen LogP contribution < -0.4 is 5.76 Å². The van der Waals surface area contributed by atoms with E-state index in [1.807, 2.05) is 0 Å². The lowest BCUT2D eigenvalue weighted by Gasteiger charge is -2.08. The van der Waals surface area contributed by atoms with Crippen LogP contribution in [-0.4, -0.2) is 4.57 Å². The van der Waals surface area contributed by atoms with E-state index >= 15 is 0 Å². The van der Waals surface area contributed by atoms with E-state index in [9.17, 15) is 4.79 Å². The fourth-order valence-electron chi connectivity index (χ4n) is 1.95. The van der Waals surface area contributed by atoms with Crippen molar-refractivity contribution in [2.45, 2.75) is 0 Å². The summed E-state index contributed by atoms with van der Waals surface area (Å²) in [6.45, 7) is 0. The molecular formula is C14H6Cl3NO2S. The average molecular weight is 359 g/mol. The first kappa shape index (κ1) is 14.6. The zero-order valence-corrected chi connectivity index (χ0v) is 13.4. The second-order valence-corrected chi connectivity index (χ2v) is 5.88. The fourth-order valence-corrected chi connectivity index (χ4v) is 2.75. The van der Waals surface area contributed by atoms with Crippen LogP contribution in [0.15, 0.2) is 45.6 Å². The molecule has 0 saturated carbocycles. The third-order valence-corrected chi connectivity index (χ3v) is 4.29. The maximum atomic E-state index is 12.2. The Labute approximate surface area is 139 Å². The summed E-state index contributed by atoms with van der Waals surface area (Å²) in [5.74, 6) is -0.604. The third kappa shape index (κ3) is 2.60. The van der Waals surface area contributed by atoms with E-state index in [1.165, 1.54) is 4.57 Å². The molecule has 0 spiro atoms. The van der Waals surface area contributed by atoms with Gasteiger partial charge in [0.1, 0.15) is 10.2 Å². The zero-order valence-electron chi connectivity index (χ0n) is 10.3. The molecule has 3 rings (SSSR count). The van der Waals surface area contributed by atoms with Crippen LogP contribution in [0.2, 0.25) is 15.1 Å². The van der Waals surface area contributed by atoms with Crippen LogP contribution in [0.4, 0.5) is 0 Å². The van der Waals surface area contributed by atoms with Crippen molar-refractivity contribution in [2.75, 3.05) is 0 Å². The maximum Gasteiger partial charge on any atom is 0.425 e. The van der Waals surface area contributed by atoms with Crippen molar-refractivity contribution in [1.82, 2.24) is 4.57 Å². The van der Waals surface area contributed by atoms with Gasteiger partial charge in [-0.3, -0.25) is 0 Å². The zero-order chi connectivity index (χ0) is 15.1. The maximum absolute atomic E-state index is 12.2. The molecule has 0 N–H and O–H groups in total. The number of benzene rings is 2. The highest BCUT2D eigenvalue weighted by molar-refractivity contribution is 7.71. The van der Waals surface area contributed by atoms with E-state index in [2.05, 4.69) is 0 Å².